The summed E-state index contributed by atoms with van der Waals surface area (Å²) in [6.45, 7) is 0.265. The SMILES string of the molecule is COC(=O)c1cccc(C(=O)N(C)Cc2cc(-c3ccccc3)no2)c1. The van der Waals surface area contributed by atoms with Gasteiger partial charge in [0, 0.05) is 24.2 Å². The average Bonchev–Trinajstić information content (AvgIpc) is 3.16. The number of nitrogens with zero attached hydrogens (tertiary/aromatic N) is 2. The number of hydrogen-bond donors (Lipinski definition) is 0. The van der Waals surface area contributed by atoms with Crippen LogP contribution in [0, 0.1) is 0 Å². The van der Waals surface area contributed by atoms with Gasteiger partial charge in [0.25, 0.3) is 5.91 Å². The molecule has 0 radical (unpaired) electrons. The highest BCUT2D eigenvalue weighted by Crippen LogP contribution is 2.19. The van der Waals surface area contributed by atoms with Gasteiger partial charge in [-0.05, 0) is 18.2 Å². The molecular weight excluding hydrogens is 332 g/mol. The molecule has 3 aromatic rings. The maximum atomic E-state index is 12.6. The lowest BCUT2D eigenvalue weighted by atomic mass is 10.1. The van der Waals surface area contributed by atoms with E-state index in [0.29, 0.717) is 22.6 Å². The summed E-state index contributed by atoms with van der Waals surface area (Å²) in [5.74, 6) is -0.137. The fourth-order valence-corrected chi connectivity index (χ4v) is 2.56. The second-order valence-corrected chi connectivity index (χ2v) is 5.78. The van der Waals surface area contributed by atoms with Crippen LogP contribution in [0.3, 0.4) is 0 Å². The minimum atomic E-state index is -0.481. The van der Waals surface area contributed by atoms with Crippen LogP contribution >= 0.6 is 0 Å². The monoisotopic (exact) mass is 350 g/mol. The second-order valence-electron chi connectivity index (χ2n) is 5.78. The summed E-state index contributed by atoms with van der Waals surface area (Å²) >= 11 is 0. The molecule has 26 heavy (non-hydrogen) atoms. The Bertz CT molecular complexity index is 918. The zero-order chi connectivity index (χ0) is 18.5. The van der Waals surface area contributed by atoms with E-state index < -0.39 is 5.97 Å². The van der Waals surface area contributed by atoms with Crippen LogP contribution in [0.5, 0.6) is 0 Å². The molecule has 0 aliphatic heterocycles. The van der Waals surface area contributed by atoms with Crippen molar-refractivity contribution < 1.29 is 18.8 Å². The second kappa shape index (κ2) is 7.65. The Hall–Kier alpha value is -3.41. The molecule has 0 saturated heterocycles. The molecule has 1 amide bonds. The van der Waals surface area contributed by atoms with E-state index in [0.717, 1.165) is 5.56 Å². The van der Waals surface area contributed by atoms with Crippen LogP contribution in [0.15, 0.2) is 65.2 Å². The average molecular weight is 350 g/mol. The maximum Gasteiger partial charge on any atom is 0.337 e. The normalized spacial score (nSPS) is 10.4. The highest BCUT2D eigenvalue weighted by molar-refractivity contribution is 5.97. The van der Waals surface area contributed by atoms with E-state index in [4.69, 9.17) is 4.52 Å². The first-order chi connectivity index (χ1) is 12.6. The van der Waals surface area contributed by atoms with Crippen LogP contribution < -0.4 is 0 Å². The van der Waals surface area contributed by atoms with E-state index in [-0.39, 0.29) is 12.5 Å². The first-order valence-electron chi connectivity index (χ1n) is 8.03. The van der Waals surface area contributed by atoms with Crippen molar-refractivity contribution in [3.8, 4) is 11.3 Å². The minimum absolute atomic E-state index is 0.228. The Balaban J connectivity index is 1.72. The molecule has 0 fully saturated rings. The van der Waals surface area contributed by atoms with E-state index in [1.54, 1.807) is 25.2 Å². The summed E-state index contributed by atoms with van der Waals surface area (Å²) in [5.41, 5.74) is 2.40. The molecule has 0 aliphatic rings. The van der Waals surface area contributed by atoms with Crippen LogP contribution in [0.25, 0.3) is 11.3 Å². The van der Waals surface area contributed by atoms with Crippen molar-refractivity contribution >= 4 is 11.9 Å². The molecule has 6 nitrogen and oxygen atoms in total. The number of rotatable bonds is 5. The Morgan fingerprint density at radius 3 is 2.50 bits per heavy atom. The highest BCUT2D eigenvalue weighted by atomic mass is 16.5. The summed E-state index contributed by atoms with van der Waals surface area (Å²) in [5, 5.41) is 4.05. The number of amides is 1. The summed E-state index contributed by atoms with van der Waals surface area (Å²) in [6.07, 6.45) is 0. The van der Waals surface area contributed by atoms with Crippen molar-refractivity contribution in [2.75, 3.05) is 14.2 Å². The number of ether oxygens (including phenoxy) is 1. The molecule has 3 rings (SSSR count). The van der Waals surface area contributed by atoms with E-state index in [2.05, 4.69) is 9.89 Å². The third kappa shape index (κ3) is 3.80. The number of hydrogen-bond acceptors (Lipinski definition) is 5. The van der Waals surface area contributed by atoms with Crippen molar-refractivity contribution in [3.05, 3.63) is 77.6 Å². The van der Waals surface area contributed by atoms with Crippen molar-refractivity contribution in [2.24, 2.45) is 0 Å². The van der Waals surface area contributed by atoms with Crippen molar-refractivity contribution in [1.29, 1.82) is 0 Å². The number of benzene rings is 2. The van der Waals surface area contributed by atoms with Crippen LogP contribution in [-0.2, 0) is 11.3 Å². The molecule has 132 valence electrons. The number of methoxy groups -OCH3 is 1. The van der Waals surface area contributed by atoms with Gasteiger partial charge < -0.3 is 14.2 Å². The van der Waals surface area contributed by atoms with Gasteiger partial charge in [-0.25, -0.2) is 4.79 Å². The number of aromatic nitrogens is 1. The maximum absolute atomic E-state index is 12.6. The van der Waals surface area contributed by atoms with E-state index >= 15 is 0 Å². The third-order valence-electron chi connectivity index (χ3n) is 3.90. The Morgan fingerprint density at radius 2 is 1.77 bits per heavy atom. The van der Waals surface area contributed by atoms with Gasteiger partial charge in [-0.2, -0.15) is 0 Å². The van der Waals surface area contributed by atoms with Gasteiger partial charge in [-0.15, -0.1) is 0 Å². The molecule has 0 spiro atoms. The molecule has 6 heteroatoms. The summed E-state index contributed by atoms with van der Waals surface area (Å²) < 4.78 is 10.0. The van der Waals surface area contributed by atoms with Gasteiger partial charge >= 0.3 is 5.97 Å². The third-order valence-corrected chi connectivity index (χ3v) is 3.90. The highest BCUT2D eigenvalue weighted by Gasteiger charge is 2.17. The fourth-order valence-electron chi connectivity index (χ4n) is 2.56. The predicted octanol–water partition coefficient (Wildman–Crippen LogP) is 3.40. The lowest BCUT2D eigenvalue weighted by Gasteiger charge is -2.15. The molecule has 1 heterocycles. The van der Waals surface area contributed by atoms with Crippen molar-refractivity contribution in [2.45, 2.75) is 6.54 Å². The largest absolute Gasteiger partial charge is 0.465 e. The standard InChI is InChI=1S/C20H18N2O4/c1-22(19(23)15-9-6-10-16(11-15)20(24)25-2)13-17-12-18(21-26-17)14-7-4-3-5-8-14/h3-12H,13H2,1-2H3. The summed E-state index contributed by atoms with van der Waals surface area (Å²) in [6, 6.07) is 17.9. The van der Waals surface area contributed by atoms with Gasteiger partial charge in [-0.3, -0.25) is 4.79 Å². The van der Waals surface area contributed by atoms with Gasteiger partial charge in [-0.1, -0.05) is 41.6 Å². The van der Waals surface area contributed by atoms with Crippen molar-refractivity contribution in [3.63, 3.8) is 0 Å². The molecule has 0 N–H and O–H groups in total. The quantitative estimate of drug-likeness (QED) is 0.660. The Labute approximate surface area is 151 Å². The summed E-state index contributed by atoms with van der Waals surface area (Å²) in [7, 11) is 2.97. The number of esters is 1. The lowest BCUT2D eigenvalue weighted by Crippen LogP contribution is -2.26. The molecule has 2 aromatic carbocycles. The molecule has 0 aliphatic carbocycles. The molecule has 0 bridgehead atoms. The minimum Gasteiger partial charge on any atom is -0.465 e. The molecule has 0 atom stereocenters. The van der Waals surface area contributed by atoms with Gasteiger partial charge in [0.15, 0.2) is 5.76 Å². The molecular formula is C20H18N2O4. The van der Waals surface area contributed by atoms with Crippen LogP contribution in [-0.4, -0.2) is 36.1 Å². The number of carbonyl (C=O) groups is 2. The van der Waals surface area contributed by atoms with Gasteiger partial charge in [0.2, 0.25) is 0 Å². The molecule has 0 saturated carbocycles. The molecule has 1 aromatic heterocycles. The first-order valence-corrected chi connectivity index (χ1v) is 8.03. The lowest BCUT2D eigenvalue weighted by molar-refractivity contribution is 0.0600. The first kappa shape index (κ1) is 17.4. The van der Waals surface area contributed by atoms with Crippen molar-refractivity contribution in [1.82, 2.24) is 10.1 Å². The van der Waals surface area contributed by atoms with Crippen LogP contribution in [0.4, 0.5) is 0 Å². The zero-order valence-electron chi connectivity index (χ0n) is 14.5. The Kier molecular flexibility index (Phi) is 5.12. The zero-order valence-corrected chi connectivity index (χ0v) is 14.5. The van der Waals surface area contributed by atoms with E-state index in [9.17, 15) is 9.59 Å². The Morgan fingerprint density at radius 1 is 1.04 bits per heavy atom. The fraction of sp³-hybridized carbons (Fsp3) is 0.150. The topological polar surface area (TPSA) is 72.6 Å². The van der Waals surface area contributed by atoms with Crippen LogP contribution in [0.1, 0.15) is 26.5 Å². The van der Waals surface area contributed by atoms with Crippen LogP contribution in [0.2, 0.25) is 0 Å². The van der Waals surface area contributed by atoms with E-state index in [1.165, 1.54) is 18.1 Å². The molecule has 0 unspecified atom stereocenters. The smallest absolute Gasteiger partial charge is 0.337 e. The number of carbonyl (C=O) groups excluding carboxylic acids is 2. The van der Waals surface area contributed by atoms with Gasteiger partial charge in [0.1, 0.15) is 5.69 Å². The van der Waals surface area contributed by atoms with E-state index in [1.807, 2.05) is 36.4 Å². The summed E-state index contributed by atoms with van der Waals surface area (Å²) in [4.78, 5) is 25.7. The van der Waals surface area contributed by atoms with Gasteiger partial charge in [0.05, 0.1) is 19.2 Å². The predicted molar refractivity (Wildman–Crippen MR) is 95.5 cm³/mol.